The second kappa shape index (κ2) is 5.55. The maximum atomic E-state index is 5.54. The van der Waals surface area contributed by atoms with E-state index in [0.29, 0.717) is 19.8 Å². The first kappa shape index (κ1) is 11.0. The summed E-state index contributed by atoms with van der Waals surface area (Å²) in [6.07, 6.45) is 2.56. The molecule has 0 bridgehead atoms. The highest BCUT2D eigenvalue weighted by molar-refractivity contribution is 7.09. The zero-order chi connectivity index (χ0) is 10.5. The summed E-state index contributed by atoms with van der Waals surface area (Å²) >= 11 is 1.58. The van der Waals surface area contributed by atoms with Crippen LogP contribution in [0.15, 0.2) is 5.38 Å². The van der Waals surface area contributed by atoms with E-state index < -0.39 is 0 Å². The molecule has 1 unspecified atom stereocenters. The molecule has 1 fully saturated rings. The largest absolute Gasteiger partial charge is 0.376 e. The quantitative estimate of drug-likeness (QED) is 0.825. The summed E-state index contributed by atoms with van der Waals surface area (Å²) in [4.78, 5) is 4.32. The third kappa shape index (κ3) is 3.24. The molecule has 2 N–H and O–H groups in total. The van der Waals surface area contributed by atoms with E-state index >= 15 is 0 Å². The topological polar surface area (TPSA) is 57.4 Å². The van der Waals surface area contributed by atoms with Crippen molar-refractivity contribution in [2.75, 3.05) is 13.2 Å². The molecule has 1 saturated heterocycles. The Labute approximate surface area is 93.4 Å². The number of thiazole rings is 1. The number of rotatable bonds is 5. The highest BCUT2D eigenvalue weighted by Gasteiger charge is 2.15. The van der Waals surface area contributed by atoms with Gasteiger partial charge < -0.3 is 15.2 Å². The number of ether oxygens (including phenoxy) is 2. The van der Waals surface area contributed by atoms with Gasteiger partial charge in [-0.25, -0.2) is 4.98 Å². The van der Waals surface area contributed by atoms with Crippen LogP contribution in [0.3, 0.4) is 0 Å². The van der Waals surface area contributed by atoms with Crippen LogP contribution in [-0.2, 0) is 22.6 Å². The van der Waals surface area contributed by atoms with Crippen molar-refractivity contribution in [2.24, 2.45) is 5.73 Å². The molecule has 84 valence electrons. The predicted molar refractivity (Wildman–Crippen MR) is 58.6 cm³/mol. The minimum Gasteiger partial charge on any atom is -0.376 e. The standard InChI is InChI=1S/C10H16N2O2S/c11-4-10-12-8(7-15-10)5-13-6-9-2-1-3-14-9/h7,9H,1-6,11H2. The first-order valence-corrected chi connectivity index (χ1v) is 6.09. The van der Waals surface area contributed by atoms with Crippen molar-refractivity contribution >= 4 is 11.3 Å². The monoisotopic (exact) mass is 228 g/mol. The van der Waals surface area contributed by atoms with Crippen LogP contribution < -0.4 is 5.73 Å². The van der Waals surface area contributed by atoms with Crippen molar-refractivity contribution in [3.05, 3.63) is 16.1 Å². The summed E-state index contributed by atoms with van der Waals surface area (Å²) in [6, 6.07) is 0. The molecule has 0 aromatic carbocycles. The molecule has 2 heterocycles. The van der Waals surface area contributed by atoms with Gasteiger partial charge in [-0.3, -0.25) is 0 Å². The van der Waals surface area contributed by atoms with Gasteiger partial charge in [-0.1, -0.05) is 0 Å². The molecule has 1 aromatic rings. The van der Waals surface area contributed by atoms with Crippen LogP contribution >= 0.6 is 11.3 Å². The summed E-state index contributed by atoms with van der Waals surface area (Å²) in [5.41, 5.74) is 6.45. The second-order valence-electron chi connectivity index (χ2n) is 3.59. The fourth-order valence-corrected chi connectivity index (χ4v) is 2.24. The van der Waals surface area contributed by atoms with Crippen molar-refractivity contribution < 1.29 is 9.47 Å². The molecule has 0 spiro atoms. The second-order valence-corrected chi connectivity index (χ2v) is 4.53. The van der Waals surface area contributed by atoms with Crippen LogP contribution in [0.25, 0.3) is 0 Å². The van der Waals surface area contributed by atoms with Crippen molar-refractivity contribution in [1.29, 1.82) is 0 Å². The van der Waals surface area contributed by atoms with Gasteiger partial charge >= 0.3 is 0 Å². The Morgan fingerprint density at radius 1 is 1.67 bits per heavy atom. The third-order valence-electron chi connectivity index (χ3n) is 2.35. The van der Waals surface area contributed by atoms with E-state index in [4.69, 9.17) is 15.2 Å². The van der Waals surface area contributed by atoms with E-state index in [9.17, 15) is 0 Å². The Balaban J connectivity index is 1.68. The molecule has 1 aromatic heterocycles. The highest BCUT2D eigenvalue weighted by Crippen LogP contribution is 2.14. The number of hydrogen-bond acceptors (Lipinski definition) is 5. The maximum Gasteiger partial charge on any atom is 0.107 e. The van der Waals surface area contributed by atoms with E-state index in [0.717, 1.165) is 30.2 Å². The Morgan fingerprint density at radius 3 is 3.27 bits per heavy atom. The molecule has 0 saturated carbocycles. The molecule has 2 rings (SSSR count). The lowest BCUT2D eigenvalue weighted by Gasteiger charge is -2.08. The molecule has 15 heavy (non-hydrogen) atoms. The Kier molecular flexibility index (Phi) is 4.08. The van der Waals surface area contributed by atoms with E-state index in [1.165, 1.54) is 0 Å². The lowest BCUT2D eigenvalue weighted by molar-refractivity contribution is 0.00976. The van der Waals surface area contributed by atoms with Crippen molar-refractivity contribution in [2.45, 2.75) is 32.1 Å². The minimum absolute atomic E-state index is 0.289. The van der Waals surface area contributed by atoms with E-state index in [1.54, 1.807) is 11.3 Å². The van der Waals surface area contributed by atoms with E-state index in [-0.39, 0.29) is 6.10 Å². The van der Waals surface area contributed by atoms with Gasteiger partial charge in [0.2, 0.25) is 0 Å². The zero-order valence-corrected chi connectivity index (χ0v) is 9.46. The average molecular weight is 228 g/mol. The molecular formula is C10H16N2O2S. The van der Waals surface area contributed by atoms with E-state index in [1.807, 2.05) is 5.38 Å². The first-order chi connectivity index (χ1) is 7.38. The van der Waals surface area contributed by atoms with Crippen molar-refractivity contribution in [1.82, 2.24) is 4.98 Å². The summed E-state index contributed by atoms with van der Waals surface area (Å²) < 4.78 is 11.0. The molecule has 1 aliphatic heterocycles. The predicted octanol–water partition coefficient (Wildman–Crippen LogP) is 1.30. The van der Waals surface area contributed by atoms with Crippen LogP contribution in [0.5, 0.6) is 0 Å². The summed E-state index contributed by atoms with van der Waals surface area (Å²) in [6.45, 7) is 2.63. The third-order valence-corrected chi connectivity index (χ3v) is 3.27. The van der Waals surface area contributed by atoms with Gasteiger partial charge in [-0.2, -0.15) is 0 Å². The molecule has 0 radical (unpaired) electrons. The molecule has 1 aliphatic rings. The summed E-state index contributed by atoms with van der Waals surface area (Å²) in [5, 5.41) is 2.96. The molecule has 4 nitrogen and oxygen atoms in total. The fraction of sp³-hybridized carbons (Fsp3) is 0.700. The minimum atomic E-state index is 0.289. The van der Waals surface area contributed by atoms with Gasteiger partial charge in [0.15, 0.2) is 0 Å². The van der Waals surface area contributed by atoms with Crippen molar-refractivity contribution in [3.63, 3.8) is 0 Å². The van der Waals surface area contributed by atoms with Gasteiger partial charge in [-0.05, 0) is 12.8 Å². The van der Waals surface area contributed by atoms with Gasteiger partial charge in [0.25, 0.3) is 0 Å². The van der Waals surface area contributed by atoms with Gasteiger partial charge in [0, 0.05) is 18.5 Å². The molecule has 1 atom stereocenters. The average Bonchev–Trinajstić information content (AvgIpc) is 2.88. The van der Waals surface area contributed by atoms with Crippen LogP contribution in [0.4, 0.5) is 0 Å². The lowest BCUT2D eigenvalue weighted by Crippen LogP contribution is -2.13. The maximum absolute atomic E-state index is 5.54. The van der Waals surface area contributed by atoms with Crippen LogP contribution in [0.1, 0.15) is 23.5 Å². The fourth-order valence-electron chi connectivity index (χ4n) is 1.58. The number of nitrogens with zero attached hydrogens (tertiary/aromatic N) is 1. The Morgan fingerprint density at radius 2 is 2.60 bits per heavy atom. The van der Waals surface area contributed by atoms with Crippen LogP contribution in [0, 0.1) is 0 Å². The smallest absolute Gasteiger partial charge is 0.107 e. The first-order valence-electron chi connectivity index (χ1n) is 5.21. The van der Waals surface area contributed by atoms with Gasteiger partial charge in [-0.15, -0.1) is 11.3 Å². The van der Waals surface area contributed by atoms with Crippen LogP contribution in [-0.4, -0.2) is 24.3 Å². The van der Waals surface area contributed by atoms with Crippen LogP contribution in [0.2, 0.25) is 0 Å². The molecule has 0 aliphatic carbocycles. The number of nitrogens with two attached hydrogens (primary N) is 1. The number of hydrogen-bond donors (Lipinski definition) is 1. The van der Waals surface area contributed by atoms with Crippen molar-refractivity contribution in [3.8, 4) is 0 Å². The normalized spacial score (nSPS) is 21.0. The molecule has 5 heteroatoms. The number of aromatic nitrogens is 1. The Hall–Kier alpha value is -0.490. The van der Waals surface area contributed by atoms with E-state index in [2.05, 4.69) is 4.98 Å². The summed E-state index contributed by atoms with van der Waals surface area (Å²) in [5.74, 6) is 0. The Bertz CT molecular complexity index is 297. The molecular weight excluding hydrogens is 212 g/mol. The zero-order valence-electron chi connectivity index (χ0n) is 8.65. The SMILES string of the molecule is NCc1nc(COCC2CCCO2)cs1. The molecule has 0 amide bonds. The van der Waals surface area contributed by atoms with Gasteiger partial charge in [0.05, 0.1) is 25.0 Å². The van der Waals surface area contributed by atoms with Gasteiger partial charge in [0.1, 0.15) is 5.01 Å². The summed E-state index contributed by atoms with van der Waals surface area (Å²) in [7, 11) is 0. The lowest BCUT2D eigenvalue weighted by atomic mass is 10.2. The highest BCUT2D eigenvalue weighted by atomic mass is 32.1.